The van der Waals surface area contributed by atoms with Crippen molar-refractivity contribution in [3.63, 3.8) is 0 Å². The average Bonchev–Trinajstić information content (AvgIpc) is 2.97. The van der Waals surface area contributed by atoms with Crippen molar-refractivity contribution >= 4 is 53.1 Å². The molecule has 0 fully saturated rings. The number of carbonyl (C=O) groups is 2. The van der Waals surface area contributed by atoms with E-state index in [0.717, 1.165) is 54.7 Å². The van der Waals surface area contributed by atoms with E-state index >= 15 is 0 Å². The van der Waals surface area contributed by atoms with Crippen molar-refractivity contribution in [2.24, 2.45) is 16.8 Å². The normalized spacial score (nSPS) is 15.2. The molecule has 41 heavy (non-hydrogen) atoms. The fourth-order valence-electron chi connectivity index (χ4n) is 4.58. The van der Waals surface area contributed by atoms with Gasteiger partial charge in [-0.3, -0.25) is 20.1 Å². The van der Waals surface area contributed by atoms with E-state index in [1.165, 1.54) is 24.5 Å². The maximum atomic E-state index is 13.1. The Morgan fingerprint density at radius 2 is 2.02 bits per heavy atom. The van der Waals surface area contributed by atoms with Crippen LogP contribution in [0.1, 0.15) is 43.0 Å². The minimum Gasteiger partial charge on any atom is -0.453 e. The molecule has 7 N–H and O–H groups in total. The van der Waals surface area contributed by atoms with E-state index in [2.05, 4.69) is 26.0 Å². The highest BCUT2D eigenvalue weighted by Gasteiger charge is 2.18. The molecule has 4 rings (SSSR count). The molecule has 214 valence electrons. The summed E-state index contributed by atoms with van der Waals surface area (Å²) < 4.78 is 4.72. The number of hydrogen-bond acceptors (Lipinski definition) is 8. The predicted octanol–water partition coefficient (Wildman–Crippen LogP) is 5.02. The molecule has 11 nitrogen and oxygen atoms in total. The first kappa shape index (κ1) is 29.4. The lowest BCUT2D eigenvalue weighted by atomic mass is 9.98. The first-order valence-electron chi connectivity index (χ1n) is 13.1. The highest BCUT2D eigenvalue weighted by atomic mass is 35.5. The van der Waals surface area contributed by atoms with E-state index in [1.54, 1.807) is 30.5 Å². The zero-order valence-corrected chi connectivity index (χ0v) is 23.4. The molecular formula is C29H33ClN8O3. The third kappa shape index (κ3) is 7.96. The van der Waals surface area contributed by atoms with Gasteiger partial charge in [0, 0.05) is 46.3 Å². The van der Waals surface area contributed by atoms with Crippen molar-refractivity contribution in [2.75, 3.05) is 29.3 Å². The van der Waals surface area contributed by atoms with Gasteiger partial charge in [0.25, 0.3) is 0 Å². The number of nitrogens with one attached hydrogen (secondary N) is 3. The maximum absolute atomic E-state index is 13.1. The zero-order valence-electron chi connectivity index (χ0n) is 22.6. The second kappa shape index (κ2) is 14.1. The largest absolute Gasteiger partial charge is 0.453 e. The van der Waals surface area contributed by atoms with Crippen LogP contribution in [0.2, 0.25) is 5.02 Å². The molecule has 2 heterocycles. The van der Waals surface area contributed by atoms with Crippen LogP contribution in [0.15, 0.2) is 65.9 Å². The van der Waals surface area contributed by atoms with Gasteiger partial charge < -0.3 is 21.2 Å². The lowest BCUT2D eigenvalue weighted by Gasteiger charge is -2.21. The molecule has 0 radical (unpaired) electrons. The number of fused-ring (bicyclic) bond motifs is 4. The first-order valence-corrected chi connectivity index (χ1v) is 13.5. The minimum absolute atomic E-state index is 0.281. The van der Waals surface area contributed by atoms with Gasteiger partial charge in [0.1, 0.15) is 6.34 Å². The Labute approximate surface area is 243 Å². The summed E-state index contributed by atoms with van der Waals surface area (Å²) in [6.07, 6.45) is 9.08. The molecule has 1 aliphatic rings. The second-order valence-corrected chi connectivity index (χ2v) is 9.83. The summed E-state index contributed by atoms with van der Waals surface area (Å²) in [4.78, 5) is 29.4. The maximum Gasteiger partial charge on any atom is 0.411 e. The van der Waals surface area contributed by atoms with E-state index in [0.29, 0.717) is 22.0 Å². The number of amides is 2. The van der Waals surface area contributed by atoms with E-state index in [1.807, 2.05) is 30.3 Å². The molecule has 12 heteroatoms. The molecular weight excluding hydrogens is 544 g/mol. The summed E-state index contributed by atoms with van der Waals surface area (Å²) in [5.74, 6) is 10.9. The fourth-order valence-corrected chi connectivity index (χ4v) is 4.76. The molecule has 0 saturated carbocycles. The monoisotopic (exact) mass is 576 g/mol. The van der Waals surface area contributed by atoms with E-state index < -0.39 is 6.09 Å². The summed E-state index contributed by atoms with van der Waals surface area (Å²) in [5.41, 5.74) is 5.34. The number of hydrogen-bond donors (Lipinski definition) is 5. The van der Waals surface area contributed by atoms with Gasteiger partial charge in [0.15, 0.2) is 0 Å². The van der Waals surface area contributed by atoms with Gasteiger partial charge in [-0.05, 0) is 66.9 Å². The van der Waals surface area contributed by atoms with Crippen LogP contribution in [0.3, 0.4) is 0 Å². The standard InChI is InChI=1S/C29H33ClN8O3/c1-41-29(40)36-22-8-9-23-19-12-14-34-26(16-19)24(5-3-2-4-13-33-25(23)17-22)37-28(39)11-6-20-15-21(30)7-10-27(20)38(32)18-35-31/h6-12,14-18,24,33H,2-5,13,31-32H2,1H3,(H,36,40)(H,37,39)/b11-6+,35-18-/t24-/m0/s1. The Hall–Kier alpha value is -4.61. The van der Waals surface area contributed by atoms with Crippen molar-refractivity contribution in [3.05, 3.63) is 77.1 Å². The number of ether oxygens (including phenoxy) is 1. The number of nitrogens with two attached hydrogens (primary N) is 2. The van der Waals surface area contributed by atoms with E-state index in [-0.39, 0.29) is 11.9 Å². The highest BCUT2D eigenvalue weighted by Crippen LogP contribution is 2.33. The highest BCUT2D eigenvalue weighted by molar-refractivity contribution is 6.30. The molecule has 1 aromatic heterocycles. The number of benzene rings is 2. The number of rotatable bonds is 6. The first-order chi connectivity index (χ1) is 19.9. The summed E-state index contributed by atoms with van der Waals surface area (Å²) in [7, 11) is 1.33. The number of hydrazone groups is 1. The van der Waals surface area contributed by atoms with Crippen molar-refractivity contribution in [2.45, 2.75) is 31.7 Å². The van der Waals surface area contributed by atoms with Gasteiger partial charge >= 0.3 is 6.09 Å². The Bertz CT molecular complexity index is 1450. The van der Waals surface area contributed by atoms with Gasteiger partial charge in [-0.2, -0.15) is 5.10 Å². The third-order valence-electron chi connectivity index (χ3n) is 6.58. The smallest absolute Gasteiger partial charge is 0.411 e. The SMILES string of the molecule is COC(=O)Nc1ccc2c(c1)NCCCCC[C@H](NC(=O)/C=C/c1cc(Cl)ccc1N(N)/C=N\N)c1cc-2ccn1. The molecule has 2 amide bonds. The number of anilines is 3. The van der Waals surface area contributed by atoms with Crippen LogP contribution in [0.5, 0.6) is 0 Å². The summed E-state index contributed by atoms with van der Waals surface area (Å²) in [6, 6.07) is 14.4. The van der Waals surface area contributed by atoms with Gasteiger partial charge in [-0.1, -0.05) is 30.5 Å². The van der Waals surface area contributed by atoms with E-state index in [9.17, 15) is 9.59 Å². The molecule has 0 unspecified atom stereocenters. The third-order valence-corrected chi connectivity index (χ3v) is 6.81. The quantitative estimate of drug-likeness (QED) is 0.0898. The molecule has 2 aromatic carbocycles. The van der Waals surface area contributed by atoms with Gasteiger partial charge in [-0.15, -0.1) is 0 Å². The molecule has 0 aliphatic carbocycles. The number of pyridine rings is 1. The molecule has 3 aromatic rings. The van der Waals surface area contributed by atoms with Crippen LogP contribution in [0, 0.1) is 0 Å². The number of aromatic nitrogens is 1. The van der Waals surface area contributed by atoms with Gasteiger partial charge in [0.2, 0.25) is 5.91 Å². The van der Waals surface area contributed by atoms with Crippen LogP contribution in [0.25, 0.3) is 17.2 Å². The Morgan fingerprint density at radius 3 is 2.83 bits per heavy atom. The van der Waals surface area contributed by atoms with Gasteiger partial charge in [-0.25, -0.2) is 10.6 Å². The van der Waals surface area contributed by atoms with Crippen molar-refractivity contribution in [1.82, 2.24) is 10.3 Å². The lowest BCUT2D eigenvalue weighted by molar-refractivity contribution is -0.117. The minimum atomic E-state index is -0.534. The summed E-state index contributed by atoms with van der Waals surface area (Å²) in [6.45, 7) is 0.765. The van der Waals surface area contributed by atoms with Crippen LogP contribution in [-0.2, 0) is 9.53 Å². The van der Waals surface area contributed by atoms with Crippen molar-refractivity contribution in [3.8, 4) is 11.1 Å². The Balaban J connectivity index is 1.59. The van der Waals surface area contributed by atoms with Crippen molar-refractivity contribution < 1.29 is 14.3 Å². The fraction of sp³-hybridized carbons (Fsp3) is 0.241. The summed E-state index contributed by atoms with van der Waals surface area (Å²) in [5, 5.41) is 14.5. The zero-order chi connectivity index (χ0) is 29.2. The molecule has 0 saturated heterocycles. The number of nitrogens with zero attached hydrogens (tertiary/aromatic N) is 3. The lowest BCUT2D eigenvalue weighted by Crippen LogP contribution is -2.30. The number of halogens is 1. The number of hydrazine groups is 1. The molecule has 0 spiro atoms. The number of methoxy groups -OCH3 is 1. The van der Waals surface area contributed by atoms with Crippen molar-refractivity contribution in [1.29, 1.82) is 0 Å². The summed E-state index contributed by atoms with van der Waals surface area (Å²) >= 11 is 6.18. The van der Waals surface area contributed by atoms with Gasteiger partial charge in [0.05, 0.1) is 24.5 Å². The van der Waals surface area contributed by atoms with Crippen LogP contribution in [-0.4, -0.2) is 37.0 Å². The van der Waals surface area contributed by atoms with Crippen LogP contribution >= 0.6 is 11.6 Å². The average molecular weight is 577 g/mol. The molecule has 1 atom stereocenters. The molecule has 1 aliphatic heterocycles. The molecule has 2 bridgehead atoms. The predicted molar refractivity (Wildman–Crippen MR) is 163 cm³/mol. The van der Waals surface area contributed by atoms with E-state index in [4.69, 9.17) is 28.0 Å². The van der Waals surface area contributed by atoms with Crippen LogP contribution in [0.4, 0.5) is 21.9 Å². The number of carbonyl (C=O) groups excluding carboxylic acids is 2. The second-order valence-electron chi connectivity index (χ2n) is 9.39. The van der Waals surface area contributed by atoms with Crippen LogP contribution < -0.4 is 32.6 Å². The Morgan fingerprint density at radius 1 is 1.17 bits per heavy atom. The Kier molecular flexibility index (Phi) is 10.1. The topological polar surface area (TPSA) is 160 Å².